The minimum atomic E-state index is -3.35. The molecular formula is C17H16O4S. The first-order valence-electron chi connectivity index (χ1n) is 6.83. The lowest BCUT2D eigenvalue weighted by Crippen LogP contribution is -1.99. The summed E-state index contributed by atoms with van der Waals surface area (Å²) in [5.74, 6) is 1.41. The lowest BCUT2D eigenvalue weighted by molar-refractivity contribution is 0.367. The normalized spacial score (nSPS) is 15.1. The number of aryl methyl sites for hydroxylation is 1. The molecule has 0 saturated carbocycles. The second-order valence-electron chi connectivity index (χ2n) is 5.15. The first kappa shape index (κ1) is 14.7. The van der Waals surface area contributed by atoms with Gasteiger partial charge in [0.05, 0.1) is 12.0 Å². The zero-order valence-electron chi connectivity index (χ0n) is 12.4. The molecule has 0 spiro atoms. The molecule has 22 heavy (non-hydrogen) atoms. The van der Waals surface area contributed by atoms with Gasteiger partial charge in [-0.1, -0.05) is 12.1 Å². The molecule has 0 fully saturated rings. The molecule has 0 aliphatic carbocycles. The number of rotatable bonds is 4. The summed E-state index contributed by atoms with van der Waals surface area (Å²) in [5.41, 5.74) is 2.32. The van der Waals surface area contributed by atoms with Gasteiger partial charge in [-0.05, 0) is 42.8 Å². The average Bonchev–Trinajstić information content (AvgIpc) is 2.76. The van der Waals surface area contributed by atoms with Gasteiger partial charge in [0.25, 0.3) is 0 Å². The van der Waals surface area contributed by atoms with Crippen molar-refractivity contribution in [2.75, 3.05) is 13.7 Å². The molecule has 0 atom stereocenters. The van der Waals surface area contributed by atoms with Crippen LogP contribution in [0.1, 0.15) is 11.1 Å². The van der Waals surface area contributed by atoms with Gasteiger partial charge in [0, 0.05) is 16.5 Å². The highest BCUT2D eigenvalue weighted by molar-refractivity contribution is 7.95. The van der Waals surface area contributed by atoms with Gasteiger partial charge >= 0.3 is 0 Å². The molecule has 1 aliphatic rings. The van der Waals surface area contributed by atoms with E-state index in [1.165, 1.54) is 5.41 Å². The molecule has 0 bridgehead atoms. The van der Waals surface area contributed by atoms with Crippen LogP contribution in [0.2, 0.25) is 0 Å². The molecule has 2 aromatic rings. The van der Waals surface area contributed by atoms with Crippen LogP contribution in [0.3, 0.4) is 0 Å². The summed E-state index contributed by atoms with van der Waals surface area (Å²) in [6, 6.07) is 12.6. The predicted octanol–water partition coefficient (Wildman–Crippen LogP) is 3.21. The van der Waals surface area contributed by atoms with Crippen molar-refractivity contribution in [3.8, 4) is 11.5 Å². The average molecular weight is 316 g/mol. The van der Waals surface area contributed by atoms with Crippen molar-refractivity contribution in [1.82, 2.24) is 0 Å². The third-order valence-corrected chi connectivity index (χ3v) is 5.09. The van der Waals surface area contributed by atoms with Gasteiger partial charge in [0.1, 0.15) is 18.1 Å². The largest absolute Gasteiger partial charge is 0.497 e. The maximum Gasteiger partial charge on any atom is 0.200 e. The molecule has 3 rings (SSSR count). The highest BCUT2D eigenvalue weighted by atomic mass is 32.2. The van der Waals surface area contributed by atoms with Crippen LogP contribution in [-0.4, -0.2) is 22.1 Å². The summed E-state index contributed by atoms with van der Waals surface area (Å²) < 4.78 is 35.1. The van der Waals surface area contributed by atoms with Gasteiger partial charge in [0.15, 0.2) is 0 Å². The van der Waals surface area contributed by atoms with E-state index < -0.39 is 9.84 Å². The van der Waals surface area contributed by atoms with E-state index in [0.29, 0.717) is 16.2 Å². The number of fused-ring (bicyclic) bond motifs is 1. The summed E-state index contributed by atoms with van der Waals surface area (Å²) >= 11 is 0. The molecule has 0 unspecified atom stereocenters. The molecular weight excluding hydrogens is 300 g/mol. The fourth-order valence-corrected chi connectivity index (χ4v) is 3.94. The number of hydrogen-bond acceptors (Lipinski definition) is 4. The second-order valence-corrected chi connectivity index (χ2v) is 6.92. The molecule has 2 aromatic carbocycles. The second kappa shape index (κ2) is 5.50. The van der Waals surface area contributed by atoms with Crippen molar-refractivity contribution in [3.05, 3.63) is 59.0 Å². The quantitative estimate of drug-likeness (QED) is 0.869. The molecule has 1 aliphatic heterocycles. The Labute approximate surface area is 129 Å². The minimum Gasteiger partial charge on any atom is -0.497 e. The third-order valence-electron chi connectivity index (χ3n) is 3.54. The lowest BCUT2D eigenvalue weighted by Gasteiger charge is -2.09. The fraction of sp³-hybridized carbons (Fsp3) is 0.176. The molecule has 0 radical (unpaired) electrons. The van der Waals surface area contributed by atoms with Crippen molar-refractivity contribution in [3.63, 3.8) is 0 Å². The van der Waals surface area contributed by atoms with Crippen LogP contribution in [0, 0.1) is 6.92 Å². The topological polar surface area (TPSA) is 52.6 Å². The Kier molecular flexibility index (Phi) is 3.66. The SMILES string of the molecule is COc1ccc(OCC2=CS(=O)(=O)c3cc(C)ccc32)cc1. The summed E-state index contributed by atoms with van der Waals surface area (Å²) in [6.07, 6.45) is 0. The minimum absolute atomic E-state index is 0.210. The van der Waals surface area contributed by atoms with E-state index in [0.717, 1.165) is 16.9 Å². The standard InChI is InChI=1S/C17H16O4S/c1-12-3-8-16-13(11-22(18,19)17(16)9-12)10-21-15-6-4-14(20-2)5-7-15/h3-9,11H,10H2,1-2H3. The van der Waals surface area contributed by atoms with Gasteiger partial charge in [-0.3, -0.25) is 0 Å². The van der Waals surface area contributed by atoms with Crippen LogP contribution >= 0.6 is 0 Å². The molecule has 0 N–H and O–H groups in total. The van der Waals surface area contributed by atoms with Crippen LogP contribution in [-0.2, 0) is 9.84 Å². The number of sulfone groups is 1. The monoisotopic (exact) mass is 316 g/mol. The Morgan fingerprint density at radius 1 is 1.00 bits per heavy atom. The third kappa shape index (κ3) is 2.72. The Hall–Kier alpha value is -2.27. The molecule has 4 nitrogen and oxygen atoms in total. The van der Waals surface area contributed by atoms with Crippen LogP contribution in [0.15, 0.2) is 52.8 Å². The van der Waals surface area contributed by atoms with Gasteiger partial charge in [-0.15, -0.1) is 0 Å². The maximum atomic E-state index is 12.2. The number of methoxy groups -OCH3 is 1. The van der Waals surface area contributed by atoms with Crippen LogP contribution in [0.25, 0.3) is 5.57 Å². The number of ether oxygens (including phenoxy) is 2. The highest BCUT2D eigenvalue weighted by Gasteiger charge is 2.27. The molecule has 0 saturated heterocycles. The molecule has 114 valence electrons. The molecule has 0 amide bonds. The van der Waals surface area contributed by atoms with Crippen molar-refractivity contribution >= 4 is 15.4 Å². The zero-order chi connectivity index (χ0) is 15.7. The van der Waals surface area contributed by atoms with Gasteiger partial charge in [-0.25, -0.2) is 8.42 Å². The smallest absolute Gasteiger partial charge is 0.200 e. The van der Waals surface area contributed by atoms with Crippen LogP contribution in [0.4, 0.5) is 0 Å². The first-order valence-corrected chi connectivity index (χ1v) is 8.38. The molecule has 1 heterocycles. The van der Waals surface area contributed by atoms with E-state index in [9.17, 15) is 8.42 Å². The van der Waals surface area contributed by atoms with Crippen molar-refractivity contribution in [2.45, 2.75) is 11.8 Å². The lowest BCUT2D eigenvalue weighted by atomic mass is 10.1. The summed E-state index contributed by atoms with van der Waals surface area (Å²) in [6.45, 7) is 2.09. The summed E-state index contributed by atoms with van der Waals surface area (Å²) in [5, 5.41) is 1.29. The number of benzene rings is 2. The molecule has 0 aromatic heterocycles. The Bertz CT molecular complexity index is 833. The van der Waals surface area contributed by atoms with Crippen molar-refractivity contribution in [1.29, 1.82) is 0 Å². The van der Waals surface area contributed by atoms with E-state index >= 15 is 0 Å². The summed E-state index contributed by atoms with van der Waals surface area (Å²) in [7, 11) is -1.75. The highest BCUT2D eigenvalue weighted by Crippen LogP contribution is 2.34. The first-order chi connectivity index (χ1) is 10.5. The van der Waals surface area contributed by atoms with E-state index in [1.807, 2.05) is 19.1 Å². The van der Waals surface area contributed by atoms with Crippen molar-refractivity contribution in [2.24, 2.45) is 0 Å². The Morgan fingerprint density at radius 2 is 1.68 bits per heavy atom. The van der Waals surface area contributed by atoms with Gasteiger partial charge in [0.2, 0.25) is 9.84 Å². The van der Waals surface area contributed by atoms with Gasteiger partial charge < -0.3 is 9.47 Å². The Morgan fingerprint density at radius 3 is 2.36 bits per heavy atom. The van der Waals surface area contributed by atoms with Gasteiger partial charge in [-0.2, -0.15) is 0 Å². The predicted molar refractivity (Wildman–Crippen MR) is 84.8 cm³/mol. The number of hydrogen-bond donors (Lipinski definition) is 0. The maximum absolute atomic E-state index is 12.2. The van der Waals surface area contributed by atoms with E-state index in [-0.39, 0.29) is 6.61 Å². The van der Waals surface area contributed by atoms with Crippen LogP contribution in [0.5, 0.6) is 11.5 Å². The summed E-state index contributed by atoms with van der Waals surface area (Å²) in [4.78, 5) is 0.362. The van der Waals surface area contributed by atoms with Crippen molar-refractivity contribution < 1.29 is 17.9 Å². The molecule has 5 heteroatoms. The van der Waals surface area contributed by atoms with E-state index in [1.54, 1.807) is 37.4 Å². The Balaban J connectivity index is 1.82. The fourth-order valence-electron chi connectivity index (χ4n) is 2.39. The van der Waals surface area contributed by atoms with E-state index in [2.05, 4.69) is 0 Å². The zero-order valence-corrected chi connectivity index (χ0v) is 13.2. The van der Waals surface area contributed by atoms with E-state index in [4.69, 9.17) is 9.47 Å². The van der Waals surface area contributed by atoms with Crippen LogP contribution < -0.4 is 9.47 Å².